The molecule has 1 unspecified atom stereocenters. The lowest BCUT2D eigenvalue weighted by Gasteiger charge is -2.09. The highest BCUT2D eigenvalue weighted by Crippen LogP contribution is 1.86. The van der Waals surface area contributed by atoms with Crippen LogP contribution in [0.3, 0.4) is 0 Å². The first-order valence-electron chi connectivity index (χ1n) is 5.01. The van der Waals surface area contributed by atoms with Crippen molar-refractivity contribution in [3.05, 3.63) is 0 Å². The molecule has 0 aromatic rings. The van der Waals surface area contributed by atoms with Gasteiger partial charge in [0.1, 0.15) is 0 Å². The van der Waals surface area contributed by atoms with Gasteiger partial charge < -0.3 is 21.5 Å². The van der Waals surface area contributed by atoms with E-state index in [1.807, 2.05) is 0 Å². The molecule has 5 N–H and O–H groups in total. The van der Waals surface area contributed by atoms with Crippen molar-refractivity contribution in [2.75, 3.05) is 26.3 Å². The number of amides is 1. The number of nitrogens with two attached hydrogens (primary N) is 2. The first-order valence-corrected chi connectivity index (χ1v) is 5.01. The predicted molar refractivity (Wildman–Crippen MR) is 55.8 cm³/mol. The summed E-state index contributed by atoms with van der Waals surface area (Å²) in [4.78, 5) is 10.5. The highest BCUT2D eigenvalue weighted by atomic mass is 16.5. The number of hydrogen-bond donors (Lipinski definition) is 3. The summed E-state index contributed by atoms with van der Waals surface area (Å²) in [7, 11) is 0. The van der Waals surface area contributed by atoms with Crippen LogP contribution in [0.2, 0.25) is 0 Å². The largest absolute Gasteiger partial charge is 0.380 e. The first kappa shape index (κ1) is 13.4. The van der Waals surface area contributed by atoms with Crippen LogP contribution in [0.15, 0.2) is 0 Å². The Morgan fingerprint density at radius 2 is 2.21 bits per heavy atom. The SMILES string of the molecule is CCCCOCCNCC(N)C(N)=O. The van der Waals surface area contributed by atoms with Crippen LogP contribution in [0.1, 0.15) is 19.8 Å². The molecule has 0 aliphatic rings. The second-order valence-electron chi connectivity index (χ2n) is 3.18. The highest BCUT2D eigenvalue weighted by molar-refractivity contribution is 5.79. The molecule has 14 heavy (non-hydrogen) atoms. The quantitative estimate of drug-likeness (QED) is 0.428. The van der Waals surface area contributed by atoms with Gasteiger partial charge in [0.15, 0.2) is 0 Å². The second kappa shape index (κ2) is 8.93. The number of unbranched alkanes of at least 4 members (excludes halogenated alkanes) is 1. The van der Waals surface area contributed by atoms with E-state index in [9.17, 15) is 4.79 Å². The standard InChI is InChI=1S/C9H21N3O2/c1-2-3-5-14-6-4-12-7-8(10)9(11)13/h8,12H,2-7,10H2,1H3,(H2,11,13). The number of ether oxygens (including phenoxy) is 1. The summed E-state index contributed by atoms with van der Waals surface area (Å²) >= 11 is 0. The average Bonchev–Trinajstić information content (AvgIpc) is 2.16. The highest BCUT2D eigenvalue weighted by Gasteiger charge is 2.06. The van der Waals surface area contributed by atoms with Gasteiger partial charge in [-0.15, -0.1) is 0 Å². The Bertz CT molecular complexity index is 153. The average molecular weight is 203 g/mol. The lowest BCUT2D eigenvalue weighted by atomic mass is 10.3. The monoisotopic (exact) mass is 203 g/mol. The number of hydrogen-bond acceptors (Lipinski definition) is 4. The smallest absolute Gasteiger partial charge is 0.235 e. The lowest BCUT2D eigenvalue weighted by Crippen LogP contribution is -2.44. The zero-order chi connectivity index (χ0) is 10.8. The molecule has 0 saturated carbocycles. The Hall–Kier alpha value is -0.650. The maximum absolute atomic E-state index is 10.5. The molecule has 0 bridgehead atoms. The number of nitrogens with one attached hydrogen (secondary N) is 1. The molecular formula is C9H21N3O2. The second-order valence-corrected chi connectivity index (χ2v) is 3.18. The predicted octanol–water partition coefficient (Wildman–Crippen LogP) is -0.795. The third-order valence-corrected chi connectivity index (χ3v) is 1.80. The summed E-state index contributed by atoms with van der Waals surface area (Å²) < 4.78 is 5.30. The molecule has 5 heteroatoms. The zero-order valence-electron chi connectivity index (χ0n) is 8.79. The zero-order valence-corrected chi connectivity index (χ0v) is 8.79. The third-order valence-electron chi connectivity index (χ3n) is 1.80. The van der Waals surface area contributed by atoms with Gasteiger partial charge >= 0.3 is 0 Å². The fourth-order valence-electron chi connectivity index (χ4n) is 0.851. The van der Waals surface area contributed by atoms with E-state index in [4.69, 9.17) is 16.2 Å². The van der Waals surface area contributed by atoms with E-state index in [0.29, 0.717) is 19.7 Å². The molecule has 5 nitrogen and oxygen atoms in total. The van der Waals surface area contributed by atoms with Gasteiger partial charge in [0.25, 0.3) is 0 Å². The van der Waals surface area contributed by atoms with Gasteiger partial charge in [-0.3, -0.25) is 4.79 Å². The molecule has 1 amide bonds. The molecule has 0 fully saturated rings. The van der Waals surface area contributed by atoms with Crippen molar-refractivity contribution >= 4 is 5.91 Å². The number of rotatable bonds is 9. The van der Waals surface area contributed by atoms with Crippen LogP contribution < -0.4 is 16.8 Å². The molecule has 0 aromatic carbocycles. The Balaban J connectivity index is 3.09. The summed E-state index contributed by atoms with van der Waals surface area (Å²) in [5.74, 6) is -0.482. The molecule has 0 rings (SSSR count). The number of carbonyl (C=O) groups is 1. The van der Waals surface area contributed by atoms with E-state index in [1.165, 1.54) is 0 Å². The minimum Gasteiger partial charge on any atom is -0.380 e. The topological polar surface area (TPSA) is 90.4 Å². The van der Waals surface area contributed by atoms with Gasteiger partial charge in [-0.1, -0.05) is 13.3 Å². The van der Waals surface area contributed by atoms with Crippen molar-refractivity contribution in [1.29, 1.82) is 0 Å². The summed E-state index contributed by atoms with van der Waals surface area (Å²) in [5, 5.41) is 2.99. The van der Waals surface area contributed by atoms with E-state index >= 15 is 0 Å². The molecule has 0 radical (unpaired) electrons. The minimum absolute atomic E-state index is 0.409. The van der Waals surface area contributed by atoms with E-state index in [-0.39, 0.29) is 0 Å². The van der Waals surface area contributed by atoms with Gasteiger partial charge in [0.2, 0.25) is 5.91 Å². The van der Waals surface area contributed by atoms with Gasteiger partial charge in [-0.2, -0.15) is 0 Å². The summed E-state index contributed by atoms with van der Waals surface area (Å²) in [6, 6.07) is -0.606. The van der Waals surface area contributed by atoms with E-state index < -0.39 is 11.9 Å². The summed E-state index contributed by atoms with van der Waals surface area (Å²) in [6.07, 6.45) is 2.22. The van der Waals surface area contributed by atoms with Crippen molar-refractivity contribution in [1.82, 2.24) is 5.32 Å². The van der Waals surface area contributed by atoms with Crippen molar-refractivity contribution < 1.29 is 9.53 Å². The van der Waals surface area contributed by atoms with Gasteiger partial charge in [-0.05, 0) is 6.42 Å². The minimum atomic E-state index is -0.606. The van der Waals surface area contributed by atoms with Crippen molar-refractivity contribution in [2.45, 2.75) is 25.8 Å². The molecule has 0 heterocycles. The van der Waals surface area contributed by atoms with Crippen molar-refractivity contribution in [3.63, 3.8) is 0 Å². The molecule has 84 valence electrons. The molecule has 1 atom stereocenters. The maximum Gasteiger partial charge on any atom is 0.235 e. The Morgan fingerprint density at radius 3 is 2.79 bits per heavy atom. The van der Waals surface area contributed by atoms with Crippen LogP contribution in [0.5, 0.6) is 0 Å². The lowest BCUT2D eigenvalue weighted by molar-refractivity contribution is -0.119. The Kier molecular flexibility index (Phi) is 8.51. The molecule has 0 aliphatic heterocycles. The van der Waals surface area contributed by atoms with Crippen molar-refractivity contribution in [2.24, 2.45) is 11.5 Å². The number of primary amides is 1. The molecular weight excluding hydrogens is 182 g/mol. The fourth-order valence-corrected chi connectivity index (χ4v) is 0.851. The Labute approximate surface area is 85.2 Å². The molecule has 0 spiro atoms. The molecule has 0 saturated heterocycles. The van der Waals surface area contributed by atoms with Crippen LogP contribution in [0.4, 0.5) is 0 Å². The van der Waals surface area contributed by atoms with Crippen LogP contribution >= 0.6 is 0 Å². The summed E-state index contributed by atoms with van der Waals surface area (Å²) in [6.45, 7) is 4.66. The fraction of sp³-hybridized carbons (Fsp3) is 0.889. The van der Waals surface area contributed by atoms with Crippen LogP contribution in [0.25, 0.3) is 0 Å². The van der Waals surface area contributed by atoms with Crippen molar-refractivity contribution in [3.8, 4) is 0 Å². The van der Waals surface area contributed by atoms with Crippen LogP contribution in [-0.4, -0.2) is 38.3 Å². The number of carbonyl (C=O) groups excluding carboxylic acids is 1. The van der Waals surface area contributed by atoms with E-state index in [0.717, 1.165) is 19.4 Å². The molecule has 0 aromatic heterocycles. The summed E-state index contributed by atoms with van der Waals surface area (Å²) in [5.41, 5.74) is 10.4. The first-order chi connectivity index (χ1) is 6.68. The van der Waals surface area contributed by atoms with Gasteiger partial charge in [0.05, 0.1) is 12.6 Å². The van der Waals surface area contributed by atoms with E-state index in [1.54, 1.807) is 0 Å². The third kappa shape index (κ3) is 7.97. The van der Waals surface area contributed by atoms with Gasteiger partial charge in [0, 0.05) is 19.7 Å². The molecule has 0 aliphatic carbocycles. The maximum atomic E-state index is 10.5. The van der Waals surface area contributed by atoms with Crippen LogP contribution in [-0.2, 0) is 9.53 Å². The normalized spacial score (nSPS) is 12.7. The van der Waals surface area contributed by atoms with Gasteiger partial charge in [-0.25, -0.2) is 0 Å². The van der Waals surface area contributed by atoms with E-state index in [2.05, 4.69) is 12.2 Å². The van der Waals surface area contributed by atoms with Crippen LogP contribution in [0, 0.1) is 0 Å². The Morgan fingerprint density at radius 1 is 1.50 bits per heavy atom.